The maximum atomic E-state index is 12.0. The summed E-state index contributed by atoms with van der Waals surface area (Å²) in [6.07, 6.45) is 7.62. The number of aromatic nitrogens is 3. The molecule has 2 aromatic rings. The van der Waals surface area contributed by atoms with E-state index in [0.717, 1.165) is 50.4 Å². The lowest BCUT2D eigenvalue weighted by atomic mass is 10.2. The van der Waals surface area contributed by atoms with Crippen molar-refractivity contribution in [2.45, 2.75) is 12.8 Å². The van der Waals surface area contributed by atoms with Crippen LogP contribution < -0.4 is 4.90 Å². The zero-order valence-electron chi connectivity index (χ0n) is 11.3. The minimum atomic E-state index is 0.324. The molecule has 0 N–H and O–H groups in total. The van der Waals surface area contributed by atoms with Crippen molar-refractivity contribution in [3.63, 3.8) is 0 Å². The number of fused-ring (bicyclic) bond motifs is 1. The van der Waals surface area contributed by atoms with E-state index >= 15 is 0 Å². The van der Waals surface area contributed by atoms with Crippen LogP contribution in [0.3, 0.4) is 0 Å². The van der Waals surface area contributed by atoms with Crippen LogP contribution in [0, 0.1) is 5.92 Å². The quantitative estimate of drug-likeness (QED) is 0.810. The van der Waals surface area contributed by atoms with Crippen LogP contribution in [0.1, 0.15) is 12.8 Å². The minimum absolute atomic E-state index is 0.324. The van der Waals surface area contributed by atoms with Crippen molar-refractivity contribution in [3.05, 3.63) is 24.7 Å². The maximum Gasteiger partial charge on any atom is 0.225 e. The molecule has 20 heavy (non-hydrogen) atoms. The molecule has 104 valence electrons. The number of rotatable bonds is 2. The van der Waals surface area contributed by atoms with Gasteiger partial charge in [-0.2, -0.15) is 5.10 Å². The number of amides is 1. The first-order valence-corrected chi connectivity index (χ1v) is 7.14. The first kappa shape index (κ1) is 11.7. The molecular formula is C14H17N5O. The molecule has 4 rings (SSSR count). The van der Waals surface area contributed by atoms with E-state index in [1.807, 2.05) is 23.4 Å². The Morgan fingerprint density at radius 1 is 1.20 bits per heavy atom. The van der Waals surface area contributed by atoms with Crippen molar-refractivity contribution < 1.29 is 4.79 Å². The highest BCUT2D eigenvalue weighted by Gasteiger charge is 2.34. The van der Waals surface area contributed by atoms with Crippen LogP contribution in [-0.2, 0) is 4.79 Å². The smallest absolute Gasteiger partial charge is 0.225 e. The lowest BCUT2D eigenvalue weighted by Gasteiger charge is -2.36. The summed E-state index contributed by atoms with van der Waals surface area (Å²) in [6, 6.07) is 2.05. The molecule has 0 unspecified atom stereocenters. The van der Waals surface area contributed by atoms with Gasteiger partial charge in [-0.15, -0.1) is 0 Å². The van der Waals surface area contributed by atoms with Crippen molar-refractivity contribution in [2.24, 2.45) is 5.92 Å². The second-order valence-electron chi connectivity index (χ2n) is 5.53. The summed E-state index contributed by atoms with van der Waals surface area (Å²) in [7, 11) is 0. The predicted octanol–water partition coefficient (Wildman–Crippen LogP) is 0.788. The third kappa shape index (κ3) is 2.01. The van der Waals surface area contributed by atoms with Crippen LogP contribution in [0.25, 0.3) is 5.65 Å². The topological polar surface area (TPSA) is 53.7 Å². The Labute approximate surface area is 117 Å². The van der Waals surface area contributed by atoms with Gasteiger partial charge in [0, 0.05) is 50.6 Å². The molecule has 2 fully saturated rings. The lowest BCUT2D eigenvalue weighted by Crippen LogP contribution is -2.49. The Morgan fingerprint density at radius 2 is 2.00 bits per heavy atom. The van der Waals surface area contributed by atoms with E-state index in [9.17, 15) is 4.79 Å². The fourth-order valence-corrected chi connectivity index (χ4v) is 2.75. The summed E-state index contributed by atoms with van der Waals surface area (Å²) in [6.45, 7) is 3.37. The van der Waals surface area contributed by atoms with Crippen molar-refractivity contribution in [3.8, 4) is 0 Å². The van der Waals surface area contributed by atoms with E-state index in [1.165, 1.54) is 0 Å². The fraction of sp³-hybridized carbons (Fsp3) is 0.500. The number of carbonyl (C=O) groups excluding carboxylic acids is 1. The Morgan fingerprint density at radius 3 is 2.75 bits per heavy atom. The van der Waals surface area contributed by atoms with E-state index in [4.69, 9.17) is 0 Å². The molecule has 1 aliphatic heterocycles. The van der Waals surface area contributed by atoms with Crippen LogP contribution >= 0.6 is 0 Å². The van der Waals surface area contributed by atoms with E-state index in [2.05, 4.69) is 15.0 Å². The second kappa shape index (κ2) is 4.47. The number of nitrogens with zero attached hydrogens (tertiary/aromatic N) is 5. The van der Waals surface area contributed by atoms with Gasteiger partial charge in [0.2, 0.25) is 5.91 Å². The van der Waals surface area contributed by atoms with E-state index in [0.29, 0.717) is 11.8 Å². The molecule has 0 atom stereocenters. The number of anilines is 1. The van der Waals surface area contributed by atoms with Crippen molar-refractivity contribution in [1.29, 1.82) is 0 Å². The van der Waals surface area contributed by atoms with Gasteiger partial charge in [-0.25, -0.2) is 9.50 Å². The van der Waals surface area contributed by atoms with Gasteiger partial charge >= 0.3 is 0 Å². The summed E-state index contributed by atoms with van der Waals surface area (Å²) < 4.78 is 1.76. The summed E-state index contributed by atoms with van der Waals surface area (Å²) in [5.74, 6) is 0.677. The Kier molecular flexibility index (Phi) is 2.61. The van der Waals surface area contributed by atoms with Crippen molar-refractivity contribution in [2.75, 3.05) is 31.1 Å². The Hall–Kier alpha value is -2.11. The Balaban J connectivity index is 1.46. The van der Waals surface area contributed by atoms with Crippen LogP contribution in [0.2, 0.25) is 0 Å². The molecule has 2 aliphatic rings. The zero-order chi connectivity index (χ0) is 13.5. The van der Waals surface area contributed by atoms with Crippen LogP contribution in [-0.4, -0.2) is 51.6 Å². The largest absolute Gasteiger partial charge is 0.367 e. The standard InChI is InChI=1S/C14H17N5O/c20-14(11-1-2-11)18-7-5-17(6-8-18)12-9-13-15-3-4-19(13)16-10-12/h3-4,9-11H,1-2,5-8H2. The van der Waals surface area contributed by atoms with E-state index in [-0.39, 0.29) is 0 Å². The molecule has 1 saturated carbocycles. The molecular weight excluding hydrogens is 254 g/mol. The van der Waals surface area contributed by atoms with Gasteiger partial charge in [-0.3, -0.25) is 4.79 Å². The van der Waals surface area contributed by atoms with Crippen LogP contribution in [0.5, 0.6) is 0 Å². The molecule has 6 nitrogen and oxygen atoms in total. The maximum absolute atomic E-state index is 12.0. The molecule has 1 aliphatic carbocycles. The highest BCUT2D eigenvalue weighted by atomic mass is 16.2. The van der Waals surface area contributed by atoms with E-state index in [1.54, 1.807) is 10.7 Å². The highest BCUT2D eigenvalue weighted by Crippen LogP contribution is 2.31. The van der Waals surface area contributed by atoms with Gasteiger partial charge in [0.15, 0.2) is 5.65 Å². The predicted molar refractivity (Wildman–Crippen MR) is 74.5 cm³/mol. The molecule has 0 bridgehead atoms. The molecule has 1 saturated heterocycles. The van der Waals surface area contributed by atoms with E-state index < -0.39 is 0 Å². The molecule has 0 aromatic carbocycles. The third-order valence-electron chi connectivity index (χ3n) is 4.12. The van der Waals surface area contributed by atoms with Gasteiger partial charge in [-0.05, 0) is 12.8 Å². The number of piperazine rings is 1. The summed E-state index contributed by atoms with van der Waals surface area (Å²) in [5.41, 5.74) is 1.95. The van der Waals surface area contributed by atoms with Gasteiger partial charge in [0.05, 0.1) is 11.9 Å². The van der Waals surface area contributed by atoms with Gasteiger partial charge in [0.1, 0.15) is 0 Å². The average molecular weight is 271 g/mol. The third-order valence-corrected chi connectivity index (χ3v) is 4.12. The first-order chi connectivity index (χ1) is 9.81. The molecule has 0 spiro atoms. The molecule has 3 heterocycles. The molecule has 2 aromatic heterocycles. The molecule has 6 heteroatoms. The fourth-order valence-electron chi connectivity index (χ4n) is 2.75. The molecule has 0 radical (unpaired) electrons. The normalized spacial score (nSPS) is 19.6. The summed E-state index contributed by atoms with van der Waals surface area (Å²) >= 11 is 0. The number of hydrogen-bond donors (Lipinski definition) is 0. The average Bonchev–Trinajstić information content (AvgIpc) is 3.24. The molecule has 1 amide bonds. The summed E-state index contributed by atoms with van der Waals surface area (Å²) in [5, 5.41) is 4.34. The number of carbonyl (C=O) groups is 1. The van der Waals surface area contributed by atoms with Gasteiger partial charge < -0.3 is 9.80 Å². The zero-order valence-corrected chi connectivity index (χ0v) is 11.3. The number of hydrogen-bond acceptors (Lipinski definition) is 4. The van der Waals surface area contributed by atoms with Crippen LogP contribution in [0.15, 0.2) is 24.7 Å². The second-order valence-corrected chi connectivity index (χ2v) is 5.53. The lowest BCUT2D eigenvalue weighted by molar-refractivity contribution is -0.132. The van der Waals surface area contributed by atoms with Crippen LogP contribution in [0.4, 0.5) is 5.69 Å². The SMILES string of the molecule is O=C(C1CC1)N1CCN(c2cnn3ccnc3c2)CC1. The Bertz CT molecular complexity index is 640. The van der Waals surface area contributed by atoms with Gasteiger partial charge in [0.25, 0.3) is 0 Å². The monoisotopic (exact) mass is 271 g/mol. The highest BCUT2D eigenvalue weighted by molar-refractivity contribution is 5.81. The van der Waals surface area contributed by atoms with Crippen molar-refractivity contribution in [1.82, 2.24) is 19.5 Å². The first-order valence-electron chi connectivity index (χ1n) is 7.14. The van der Waals surface area contributed by atoms with Crippen molar-refractivity contribution >= 4 is 17.2 Å². The summed E-state index contributed by atoms with van der Waals surface area (Å²) in [4.78, 5) is 20.6. The van der Waals surface area contributed by atoms with Gasteiger partial charge in [-0.1, -0.05) is 0 Å². The minimum Gasteiger partial charge on any atom is -0.367 e. The number of imidazole rings is 1.